The van der Waals surface area contributed by atoms with Gasteiger partial charge in [-0.05, 0) is 18.8 Å². The van der Waals surface area contributed by atoms with Crippen LogP contribution in [0, 0.1) is 5.92 Å². The van der Waals surface area contributed by atoms with Crippen molar-refractivity contribution < 1.29 is 9.59 Å². The molecule has 1 saturated carbocycles. The van der Waals surface area contributed by atoms with Gasteiger partial charge in [0.05, 0.1) is 0 Å². The van der Waals surface area contributed by atoms with Gasteiger partial charge in [-0.2, -0.15) is 0 Å². The molecule has 1 aliphatic rings. The van der Waals surface area contributed by atoms with Crippen LogP contribution in [0.2, 0.25) is 0 Å². The fourth-order valence-corrected chi connectivity index (χ4v) is 1.39. The average molecular weight is 152 g/mol. The van der Waals surface area contributed by atoms with Crippen LogP contribution < -0.4 is 0 Å². The van der Waals surface area contributed by atoms with E-state index in [0.717, 1.165) is 12.8 Å². The minimum absolute atomic E-state index is 0.190. The summed E-state index contributed by atoms with van der Waals surface area (Å²) in [4.78, 5) is 21.7. The van der Waals surface area contributed by atoms with Crippen molar-refractivity contribution in [1.29, 1.82) is 0 Å². The van der Waals surface area contributed by atoms with Crippen molar-refractivity contribution in [3.63, 3.8) is 0 Å². The lowest BCUT2D eigenvalue weighted by molar-refractivity contribution is -0.139. The van der Waals surface area contributed by atoms with Crippen molar-refractivity contribution >= 4 is 11.6 Å². The third kappa shape index (κ3) is 2.00. The second-order valence-electron chi connectivity index (χ2n) is 2.98. The number of Topliss-reactive ketones (excluding diaryl/α,β-unsaturated/α-hetero) is 2. The van der Waals surface area contributed by atoms with Gasteiger partial charge in [0.1, 0.15) is 0 Å². The topological polar surface area (TPSA) is 34.1 Å². The number of rotatable bonds is 2. The van der Waals surface area contributed by atoms with Gasteiger partial charge in [-0.15, -0.1) is 6.58 Å². The van der Waals surface area contributed by atoms with Crippen LogP contribution in [-0.2, 0) is 9.59 Å². The molecule has 0 bridgehead atoms. The van der Waals surface area contributed by atoms with Crippen LogP contribution in [-0.4, -0.2) is 11.6 Å². The van der Waals surface area contributed by atoms with Gasteiger partial charge in [0.15, 0.2) is 11.6 Å². The molecule has 2 heteroatoms. The maximum absolute atomic E-state index is 10.9. The third-order valence-electron chi connectivity index (χ3n) is 2.06. The fraction of sp³-hybridized carbons (Fsp3) is 0.556. The normalized spacial score (nSPS) is 25.3. The van der Waals surface area contributed by atoms with E-state index in [1.807, 2.05) is 6.08 Å². The standard InChI is InChI=1S/C9H12O2/c1-2-3-7-4-5-8(10)9(11)6-7/h2,7H,1,3-6H2. The van der Waals surface area contributed by atoms with Gasteiger partial charge in [-0.3, -0.25) is 9.59 Å². The summed E-state index contributed by atoms with van der Waals surface area (Å²) in [5, 5.41) is 0. The van der Waals surface area contributed by atoms with Crippen molar-refractivity contribution in [1.82, 2.24) is 0 Å². The average Bonchev–Trinajstić information content (AvgIpc) is 1.98. The zero-order valence-electron chi connectivity index (χ0n) is 6.51. The molecule has 0 radical (unpaired) electrons. The first-order valence-electron chi connectivity index (χ1n) is 3.91. The van der Waals surface area contributed by atoms with Crippen LogP contribution in [0.1, 0.15) is 25.7 Å². The van der Waals surface area contributed by atoms with Gasteiger partial charge in [0, 0.05) is 12.8 Å². The quantitative estimate of drug-likeness (QED) is 0.444. The van der Waals surface area contributed by atoms with Gasteiger partial charge in [0.2, 0.25) is 0 Å². The Morgan fingerprint density at radius 3 is 2.73 bits per heavy atom. The molecule has 1 aliphatic carbocycles. The third-order valence-corrected chi connectivity index (χ3v) is 2.06. The predicted octanol–water partition coefficient (Wildman–Crippen LogP) is 1.50. The van der Waals surface area contributed by atoms with E-state index >= 15 is 0 Å². The van der Waals surface area contributed by atoms with Crippen molar-refractivity contribution in [3.05, 3.63) is 12.7 Å². The lowest BCUT2D eigenvalue weighted by Crippen LogP contribution is -2.24. The van der Waals surface area contributed by atoms with Crippen LogP contribution in [0.25, 0.3) is 0 Å². The molecule has 0 aromatic carbocycles. The molecule has 1 fully saturated rings. The molecule has 1 rings (SSSR count). The lowest BCUT2D eigenvalue weighted by Gasteiger charge is -2.17. The minimum atomic E-state index is -0.192. The summed E-state index contributed by atoms with van der Waals surface area (Å²) in [6.07, 6.45) is 4.41. The van der Waals surface area contributed by atoms with E-state index in [2.05, 4.69) is 6.58 Å². The van der Waals surface area contributed by atoms with E-state index in [1.165, 1.54) is 0 Å². The second kappa shape index (κ2) is 3.46. The first kappa shape index (κ1) is 8.18. The molecule has 0 aromatic rings. The molecular weight excluding hydrogens is 140 g/mol. The molecule has 0 amide bonds. The summed E-state index contributed by atoms with van der Waals surface area (Å²) in [5.74, 6) is -0.00823. The van der Waals surface area contributed by atoms with Crippen molar-refractivity contribution in [2.45, 2.75) is 25.7 Å². The number of carbonyl (C=O) groups is 2. The Morgan fingerprint density at radius 2 is 2.18 bits per heavy atom. The number of allylic oxidation sites excluding steroid dienone is 1. The molecule has 1 atom stereocenters. The number of hydrogen-bond donors (Lipinski definition) is 0. The molecule has 0 aliphatic heterocycles. The Balaban J connectivity index is 2.45. The van der Waals surface area contributed by atoms with Gasteiger partial charge < -0.3 is 0 Å². The van der Waals surface area contributed by atoms with E-state index in [4.69, 9.17) is 0 Å². The first-order chi connectivity index (χ1) is 5.24. The zero-order valence-corrected chi connectivity index (χ0v) is 6.51. The highest BCUT2D eigenvalue weighted by Gasteiger charge is 2.24. The number of carbonyl (C=O) groups excluding carboxylic acids is 2. The molecule has 0 N–H and O–H groups in total. The molecule has 0 aromatic heterocycles. The fourth-order valence-electron chi connectivity index (χ4n) is 1.39. The van der Waals surface area contributed by atoms with E-state index in [9.17, 15) is 9.59 Å². The highest BCUT2D eigenvalue weighted by Crippen LogP contribution is 2.22. The SMILES string of the molecule is C=CCC1CCC(=O)C(=O)C1. The molecule has 0 saturated heterocycles. The number of hydrogen-bond acceptors (Lipinski definition) is 2. The van der Waals surface area contributed by atoms with E-state index in [0.29, 0.717) is 18.8 Å². The van der Waals surface area contributed by atoms with E-state index in [-0.39, 0.29) is 11.6 Å². The van der Waals surface area contributed by atoms with Gasteiger partial charge in [-0.25, -0.2) is 0 Å². The van der Waals surface area contributed by atoms with Crippen molar-refractivity contribution in [2.75, 3.05) is 0 Å². The van der Waals surface area contributed by atoms with E-state index < -0.39 is 0 Å². The van der Waals surface area contributed by atoms with Crippen molar-refractivity contribution in [2.24, 2.45) is 5.92 Å². The first-order valence-corrected chi connectivity index (χ1v) is 3.91. The molecule has 0 heterocycles. The molecule has 1 unspecified atom stereocenters. The highest BCUT2D eigenvalue weighted by molar-refractivity contribution is 6.37. The van der Waals surface area contributed by atoms with Crippen LogP contribution in [0.5, 0.6) is 0 Å². The summed E-state index contributed by atoms with van der Waals surface area (Å²) in [6.45, 7) is 3.60. The molecule has 60 valence electrons. The van der Waals surface area contributed by atoms with Crippen LogP contribution in [0.3, 0.4) is 0 Å². The van der Waals surface area contributed by atoms with Crippen LogP contribution >= 0.6 is 0 Å². The molecule has 0 spiro atoms. The molecule has 2 nitrogen and oxygen atoms in total. The summed E-state index contributed by atoms with van der Waals surface area (Å²) in [6, 6.07) is 0. The maximum Gasteiger partial charge on any atom is 0.198 e. The Bertz CT molecular complexity index is 194. The van der Waals surface area contributed by atoms with Gasteiger partial charge in [-0.1, -0.05) is 6.08 Å². The smallest absolute Gasteiger partial charge is 0.198 e. The largest absolute Gasteiger partial charge is 0.291 e. The monoisotopic (exact) mass is 152 g/mol. The molecule has 11 heavy (non-hydrogen) atoms. The highest BCUT2D eigenvalue weighted by atomic mass is 16.2. The maximum atomic E-state index is 10.9. The van der Waals surface area contributed by atoms with Crippen LogP contribution in [0.4, 0.5) is 0 Å². The summed E-state index contributed by atoms with van der Waals surface area (Å²) >= 11 is 0. The zero-order chi connectivity index (χ0) is 8.27. The summed E-state index contributed by atoms with van der Waals surface area (Å²) < 4.78 is 0. The van der Waals surface area contributed by atoms with Crippen LogP contribution in [0.15, 0.2) is 12.7 Å². The summed E-state index contributed by atoms with van der Waals surface area (Å²) in [7, 11) is 0. The molecular formula is C9H12O2. The second-order valence-corrected chi connectivity index (χ2v) is 2.98. The Hall–Kier alpha value is -0.920. The Morgan fingerprint density at radius 1 is 1.45 bits per heavy atom. The minimum Gasteiger partial charge on any atom is -0.291 e. The summed E-state index contributed by atoms with van der Waals surface area (Å²) in [5.41, 5.74) is 0. The Labute approximate surface area is 66.3 Å². The van der Waals surface area contributed by atoms with Crippen molar-refractivity contribution in [3.8, 4) is 0 Å². The van der Waals surface area contributed by atoms with Gasteiger partial charge in [0.25, 0.3) is 0 Å². The lowest BCUT2D eigenvalue weighted by atomic mass is 9.85. The number of ketones is 2. The van der Waals surface area contributed by atoms with E-state index in [1.54, 1.807) is 0 Å². The Kier molecular flexibility index (Phi) is 2.58. The van der Waals surface area contributed by atoms with Gasteiger partial charge >= 0.3 is 0 Å². The predicted molar refractivity (Wildman–Crippen MR) is 42.2 cm³/mol.